The number of thioether (sulfide) groups is 1. The molecule has 26 heavy (non-hydrogen) atoms. The van der Waals surface area contributed by atoms with Gasteiger partial charge in [-0.1, -0.05) is 0 Å². The first kappa shape index (κ1) is 19.0. The maximum atomic E-state index is 12.1. The van der Waals surface area contributed by atoms with E-state index in [9.17, 15) is 9.59 Å². The number of methoxy groups -OCH3 is 1. The van der Waals surface area contributed by atoms with Crippen molar-refractivity contribution in [3.05, 3.63) is 24.3 Å². The van der Waals surface area contributed by atoms with Gasteiger partial charge in [-0.2, -0.15) is 0 Å². The van der Waals surface area contributed by atoms with Crippen LogP contribution in [0.25, 0.3) is 0 Å². The molecule has 2 N–H and O–H groups in total. The van der Waals surface area contributed by atoms with Crippen molar-refractivity contribution in [3.63, 3.8) is 0 Å². The van der Waals surface area contributed by atoms with E-state index in [1.807, 2.05) is 24.3 Å². The first-order valence-corrected chi connectivity index (χ1v) is 10.0. The molecule has 0 atom stereocenters. The second-order valence-electron chi connectivity index (χ2n) is 7.12. The molecule has 0 aliphatic heterocycles. The average Bonchev–Trinajstić information content (AvgIpc) is 3.39. The largest absolute Gasteiger partial charge is 0.497 e. The number of rotatable bonds is 10. The van der Waals surface area contributed by atoms with Crippen molar-refractivity contribution < 1.29 is 19.4 Å². The number of ether oxygens (including phenoxy) is 1. The van der Waals surface area contributed by atoms with Gasteiger partial charge in [0.1, 0.15) is 5.75 Å². The van der Waals surface area contributed by atoms with E-state index in [1.54, 1.807) is 7.11 Å². The summed E-state index contributed by atoms with van der Waals surface area (Å²) in [5, 5.41) is 12.1. The highest BCUT2D eigenvalue weighted by atomic mass is 32.2. The molecule has 0 aromatic heterocycles. The van der Waals surface area contributed by atoms with Gasteiger partial charge in [0.05, 0.1) is 19.4 Å². The second kappa shape index (κ2) is 8.77. The fourth-order valence-electron chi connectivity index (χ4n) is 3.24. The molecular formula is C19H26N2O4S. The number of amides is 1. The lowest BCUT2D eigenvalue weighted by molar-refractivity contribution is -0.140. The minimum Gasteiger partial charge on any atom is -0.497 e. The highest BCUT2D eigenvalue weighted by Crippen LogP contribution is 2.33. The number of nitrogens with zero attached hydrogens (tertiary/aromatic N) is 1. The number of carbonyl (C=O) groups is 2. The van der Waals surface area contributed by atoms with Gasteiger partial charge in [0, 0.05) is 23.5 Å². The van der Waals surface area contributed by atoms with Crippen LogP contribution in [-0.4, -0.2) is 59.9 Å². The normalized spacial score (nSPS) is 21.9. The van der Waals surface area contributed by atoms with Gasteiger partial charge in [0.25, 0.3) is 0 Å². The standard InChI is InChI=1S/C19H26N2O4S/c1-25-16-4-6-17(7-5-16)26-12-18(22)20-14-8-15(9-14)21(11-19(23)24)10-13-2-3-13/h4-7,13-15H,2-3,8-12H2,1H3,(H,20,22)(H,23,24). The van der Waals surface area contributed by atoms with E-state index >= 15 is 0 Å². The molecule has 0 spiro atoms. The molecule has 0 heterocycles. The molecule has 1 aromatic carbocycles. The third-order valence-electron chi connectivity index (χ3n) is 4.95. The van der Waals surface area contributed by atoms with Gasteiger partial charge in [-0.3, -0.25) is 14.5 Å². The van der Waals surface area contributed by atoms with Crippen molar-refractivity contribution in [3.8, 4) is 5.75 Å². The molecule has 1 amide bonds. The number of hydrogen-bond donors (Lipinski definition) is 2. The maximum absolute atomic E-state index is 12.1. The second-order valence-corrected chi connectivity index (χ2v) is 8.17. The molecule has 7 heteroatoms. The maximum Gasteiger partial charge on any atom is 0.317 e. The molecular weight excluding hydrogens is 352 g/mol. The topological polar surface area (TPSA) is 78.9 Å². The van der Waals surface area contributed by atoms with Crippen LogP contribution in [0.4, 0.5) is 0 Å². The number of aliphatic carboxylic acids is 1. The van der Waals surface area contributed by atoms with Crippen LogP contribution in [0.1, 0.15) is 25.7 Å². The van der Waals surface area contributed by atoms with Gasteiger partial charge in [0.2, 0.25) is 5.91 Å². The van der Waals surface area contributed by atoms with Crippen LogP contribution in [0.2, 0.25) is 0 Å². The quantitative estimate of drug-likeness (QED) is 0.608. The number of nitrogens with one attached hydrogen (secondary N) is 1. The zero-order chi connectivity index (χ0) is 18.5. The summed E-state index contributed by atoms with van der Waals surface area (Å²) in [6, 6.07) is 8.10. The zero-order valence-electron chi connectivity index (χ0n) is 15.0. The van der Waals surface area contributed by atoms with Crippen molar-refractivity contribution in [2.45, 2.75) is 42.7 Å². The van der Waals surface area contributed by atoms with Crippen LogP contribution >= 0.6 is 11.8 Å². The van der Waals surface area contributed by atoms with Gasteiger partial charge in [-0.05, 0) is 55.9 Å². The number of benzene rings is 1. The van der Waals surface area contributed by atoms with Crippen molar-refractivity contribution in [2.75, 3.05) is 26.0 Å². The molecule has 0 radical (unpaired) electrons. The van der Waals surface area contributed by atoms with Crippen molar-refractivity contribution in [1.82, 2.24) is 10.2 Å². The summed E-state index contributed by atoms with van der Waals surface area (Å²) in [6.07, 6.45) is 4.12. The third-order valence-corrected chi connectivity index (χ3v) is 5.96. The molecule has 0 bridgehead atoms. The fraction of sp³-hybridized carbons (Fsp3) is 0.579. The summed E-state index contributed by atoms with van der Waals surface area (Å²) in [4.78, 5) is 26.3. The Labute approximate surface area is 158 Å². The minimum atomic E-state index is -0.769. The lowest BCUT2D eigenvalue weighted by Crippen LogP contribution is -2.55. The number of carboxylic acids is 1. The van der Waals surface area contributed by atoms with Crippen LogP contribution in [0.3, 0.4) is 0 Å². The molecule has 1 aromatic rings. The van der Waals surface area contributed by atoms with Gasteiger partial charge >= 0.3 is 5.97 Å². The summed E-state index contributed by atoms with van der Waals surface area (Å²) in [5.41, 5.74) is 0. The monoisotopic (exact) mass is 378 g/mol. The first-order chi connectivity index (χ1) is 12.5. The molecule has 2 aliphatic carbocycles. The van der Waals surface area contributed by atoms with E-state index in [0.717, 1.165) is 30.0 Å². The van der Waals surface area contributed by atoms with Crippen molar-refractivity contribution in [2.24, 2.45) is 5.92 Å². The van der Waals surface area contributed by atoms with Crippen LogP contribution in [-0.2, 0) is 9.59 Å². The Bertz CT molecular complexity index is 627. The Morgan fingerprint density at radius 1 is 1.27 bits per heavy atom. The Morgan fingerprint density at radius 3 is 2.54 bits per heavy atom. The van der Waals surface area contributed by atoms with Crippen LogP contribution in [0.15, 0.2) is 29.2 Å². The summed E-state index contributed by atoms with van der Waals surface area (Å²) in [7, 11) is 1.63. The van der Waals surface area contributed by atoms with Crippen LogP contribution in [0.5, 0.6) is 5.75 Å². The number of carbonyl (C=O) groups excluding carboxylic acids is 1. The van der Waals surface area contributed by atoms with E-state index in [1.165, 1.54) is 24.6 Å². The number of hydrogen-bond acceptors (Lipinski definition) is 5. The smallest absolute Gasteiger partial charge is 0.317 e. The predicted octanol–water partition coefficient (Wildman–Crippen LogP) is 2.23. The molecule has 0 saturated heterocycles. The summed E-state index contributed by atoms with van der Waals surface area (Å²) < 4.78 is 5.12. The summed E-state index contributed by atoms with van der Waals surface area (Å²) in [5.74, 6) is 1.12. The molecule has 0 unspecified atom stereocenters. The van der Waals surface area contributed by atoms with Crippen molar-refractivity contribution in [1.29, 1.82) is 0 Å². The molecule has 2 aliphatic rings. The highest BCUT2D eigenvalue weighted by Gasteiger charge is 2.37. The van der Waals surface area contributed by atoms with Gasteiger partial charge in [0.15, 0.2) is 0 Å². The summed E-state index contributed by atoms with van der Waals surface area (Å²) in [6.45, 7) is 0.986. The highest BCUT2D eigenvalue weighted by molar-refractivity contribution is 8.00. The van der Waals surface area contributed by atoms with Crippen LogP contribution < -0.4 is 10.1 Å². The van der Waals surface area contributed by atoms with Gasteiger partial charge < -0.3 is 15.2 Å². The molecule has 3 rings (SSSR count). The van der Waals surface area contributed by atoms with E-state index in [0.29, 0.717) is 11.7 Å². The fourth-order valence-corrected chi connectivity index (χ4v) is 3.95. The van der Waals surface area contributed by atoms with Crippen molar-refractivity contribution >= 4 is 23.6 Å². The van der Waals surface area contributed by atoms with E-state index in [2.05, 4.69) is 10.2 Å². The van der Waals surface area contributed by atoms with Crippen LogP contribution in [0, 0.1) is 5.92 Å². The molecule has 142 valence electrons. The third kappa shape index (κ3) is 5.64. The van der Waals surface area contributed by atoms with E-state index in [-0.39, 0.29) is 24.5 Å². The predicted molar refractivity (Wildman–Crippen MR) is 101 cm³/mol. The Morgan fingerprint density at radius 2 is 1.96 bits per heavy atom. The SMILES string of the molecule is COc1ccc(SCC(=O)NC2CC(N(CC(=O)O)CC3CC3)C2)cc1. The minimum absolute atomic E-state index is 0.0289. The first-order valence-electron chi connectivity index (χ1n) is 9.05. The zero-order valence-corrected chi connectivity index (χ0v) is 15.8. The Kier molecular flexibility index (Phi) is 6.43. The molecule has 2 saturated carbocycles. The Hall–Kier alpha value is -1.73. The number of carboxylic acid groups (broad SMARTS) is 1. The summed E-state index contributed by atoms with van der Waals surface area (Å²) >= 11 is 1.50. The lowest BCUT2D eigenvalue weighted by Gasteiger charge is -2.42. The van der Waals surface area contributed by atoms with E-state index in [4.69, 9.17) is 9.84 Å². The van der Waals surface area contributed by atoms with Gasteiger partial charge in [-0.25, -0.2) is 0 Å². The average molecular weight is 378 g/mol. The molecule has 6 nitrogen and oxygen atoms in total. The molecule has 2 fully saturated rings. The Balaban J connectivity index is 1.37. The van der Waals surface area contributed by atoms with Gasteiger partial charge in [-0.15, -0.1) is 11.8 Å². The lowest BCUT2D eigenvalue weighted by atomic mass is 9.85. The van der Waals surface area contributed by atoms with E-state index < -0.39 is 5.97 Å².